The molecular formula is C14H16N2O2. The molecule has 1 aromatic carbocycles. The number of benzene rings is 1. The predicted octanol–water partition coefficient (Wildman–Crippen LogP) is 2.69. The second kappa shape index (κ2) is 5.14. The minimum Gasteiger partial charge on any atom is -0.437 e. The fraction of sp³-hybridized carbons (Fsp3) is 0.286. The summed E-state index contributed by atoms with van der Waals surface area (Å²) in [5.41, 5.74) is 3.80. The summed E-state index contributed by atoms with van der Waals surface area (Å²) in [6.07, 6.45) is 3.06. The number of aliphatic hydroxyl groups is 1. The quantitative estimate of drug-likeness (QED) is 0.901. The van der Waals surface area contributed by atoms with E-state index in [2.05, 4.69) is 16.0 Å². The summed E-state index contributed by atoms with van der Waals surface area (Å²) in [6, 6.07) is 4.08. The summed E-state index contributed by atoms with van der Waals surface area (Å²) in [6.45, 7) is 5.90. The Morgan fingerprint density at radius 1 is 1.11 bits per heavy atom. The van der Waals surface area contributed by atoms with E-state index in [0.717, 1.165) is 16.9 Å². The Labute approximate surface area is 106 Å². The van der Waals surface area contributed by atoms with Crippen LogP contribution in [0.5, 0.6) is 11.6 Å². The van der Waals surface area contributed by atoms with Crippen molar-refractivity contribution in [1.82, 2.24) is 9.97 Å². The fourth-order valence-corrected chi connectivity index (χ4v) is 1.70. The van der Waals surface area contributed by atoms with Gasteiger partial charge in [0.2, 0.25) is 5.88 Å². The molecule has 0 saturated carbocycles. The van der Waals surface area contributed by atoms with E-state index in [1.54, 1.807) is 6.20 Å². The Morgan fingerprint density at radius 3 is 2.56 bits per heavy atom. The number of aromatic nitrogens is 2. The van der Waals surface area contributed by atoms with Crippen molar-refractivity contribution in [3.63, 3.8) is 0 Å². The van der Waals surface area contributed by atoms with Crippen molar-refractivity contribution in [2.75, 3.05) is 0 Å². The highest BCUT2D eigenvalue weighted by Gasteiger charge is 2.09. The molecule has 1 aromatic heterocycles. The standard InChI is InChI=1S/C14H16N2O2/c1-9-4-5-10(2)14(11(9)3)18-13-7-15-6-12(8-17)16-13/h4-7,17H,8H2,1-3H3. The Morgan fingerprint density at radius 2 is 1.83 bits per heavy atom. The number of nitrogens with zero attached hydrogens (tertiary/aromatic N) is 2. The minimum atomic E-state index is -0.143. The van der Waals surface area contributed by atoms with E-state index in [0.29, 0.717) is 11.6 Å². The van der Waals surface area contributed by atoms with E-state index >= 15 is 0 Å². The second-order valence-electron chi connectivity index (χ2n) is 4.26. The molecule has 0 atom stereocenters. The summed E-state index contributed by atoms with van der Waals surface area (Å²) in [5.74, 6) is 1.21. The maximum atomic E-state index is 9.02. The molecule has 4 heteroatoms. The van der Waals surface area contributed by atoms with E-state index in [1.807, 2.05) is 26.8 Å². The van der Waals surface area contributed by atoms with Crippen LogP contribution in [0.15, 0.2) is 24.5 Å². The molecule has 0 aliphatic rings. The van der Waals surface area contributed by atoms with Crippen LogP contribution in [0.25, 0.3) is 0 Å². The van der Waals surface area contributed by atoms with Crippen LogP contribution >= 0.6 is 0 Å². The Bertz CT molecular complexity index is 568. The smallest absolute Gasteiger partial charge is 0.238 e. The van der Waals surface area contributed by atoms with E-state index < -0.39 is 0 Å². The lowest BCUT2D eigenvalue weighted by Crippen LogP contribution is -1.98. The maximum Gasteiger partial charge on any atom is 0.238 e. The summed E-state index contributed by atoms with van der Waals surface area (Å²) in [4.78, 5) is 8.15. The molecule has 1 heterocycles. The van der Waals surface area contributed by atoms with Gasteiger partial charge in [-0.3, -0.25) is 4.98 Å². The number of aryl methyl sites for hydroxylation is 2. The van der Waals surface area contributed by atoms with E-state index in [9.17, 15) is 0 Å². The molecule has 0 fully saturated rings. The largest absolute Gasteiger partial charge is 0.437 e. The van der Waals surface area contributed by atoms with Gasteiger partial charge in [-0.25, -0.2) is 4.98 Å². The third-order valence-corrected chi connectivity index (χ3v) is 2.90. The SMILES string of the molecule is Cc1ccc(C)c(Oc2cncc(CO)n2)c1C. The lowest BCUT2D eigenvalue weighted by atomic mass is 10.1. The highest BCUT2D eigenvalue weighted by molar-refractivity contribution is 5.46. The zero-order valence-corrected chi connectivity index (χ0v) is 10.8. The molecule has 18 heavy (non-hydrogen) atoms. The average Bonchev–Trinajstić information content (AvgIpc) is 2.39. The van der Waals surface area contributed by atoms with Crippen LogP contribution in [-0.2, 0) is 6.61 Å². The molecule has 0 radical (unpaired) electrons. The van der Waals surface area contributed by atoms with Gasteiger partial charge in [0.15, 0.2) is 0 Å². The third kappa shape index (κ3) is 2.49. The summed E-state index contributed by atoms with van der Waals surface area (Å²) >= 11 is 0. The van der Waals surface area contributed by atoms with Gasteiger partial charge in [-0.05, 0) is 37.5 Å². The molecule has 0 spiro atoms. The van der Waals surface area contributed by atoms with Crippen LogP contribution < -0.4 is 4.74 Å². The predicted molar refractivity (Wildman–Crippen MR) is 68.7 cm³/mol. The Kier molecular flexibility index (Phi) is 3.58. The van der Waals surface area contributed by atoms with Crippen LogP contribution in [0.1, 0.15) is 22.4 Å². The topological polar surface area (TPSA) is 55.2 Å². The van der Waals surface area contributed by atoms with Crippen molar-refractivity contribution >= 4 is 0 Å². The number of ether oxygens (including phenoxy) is 1. The van der Waals surface area contributed by atoms with Gasteiger partial charge in [0.05, 0.1) is 24.7 Å². The van der Waals surface area contributed by atoms with E-state index in [4.69, 9.17) is 9.84 Å². The molecule has 1 N–H and O–H groups in total. The van der Waals surface area contributed by atoms with Crippen molar-refractivity contribution in [3.05, 3.63) is 46.9 Å². The van der Waals surface area contributed by atoms with E-state index in [-0.39, 0.29) is 6.61 Å². The monoisotopic (exact) mass is 244 g/mol. The first-order chi connectivity index (χ1) is 8.61. The zero-order chi connectivity index (χ0) is 13.1. The zero-order valence-electron chi connectivity index (χ0n) is 10.8. The van der Waals surface area contributed by atoms with Gasteiger partial charge in [0, 0.05) is 0 Å². The average molecular weight is 244 g/mol. The van der Waals surface area contributed by atoms with Gasteiger partial charge in [-0.15, -0.1) is 0 Å². The van der Waals surface area contributed by atoms with Crippen LogP contribution in [0.4, 0.5) is 0 Å². The Hall–Kier alpha value is -1.94. The van der Waals surface area contributed by atoms with Crippen molar-refractivity contribution in [3.8, 4) is 11.6 Å². The molecule has 2 aromatic rings. The lowest BCUT2D eigenvalue weighted by molar-refractivity contribution is 0.274. The van der Waals surface area contributed by atoms with E-state index in [1.165, 1.54) is 11.8 Å². The van der Waals surface area contributed by atoms with Gasteiger partial charge in [-0.2, -0.15) is 0 Å². The molecular weight excluding hydrogens is 228 g/mol. The molecule has 2 rings (SSSR count). The maximum absolute atomic E-state index is 9.02. The third-order valence-electron chi connectivity index (χ3n) is 2.90. The van der Waals surface area contributed by atoms with Gasteiger partial charge < -0.3 is 9.84 Å². The highest BCUT2D eigenvalue weighted by Crippen LogP contribution is 2.29. The van der Waals surface area contributed by atoms with Gasteiger partial charge in [0.1, 0.15) is 5.75 Å². The van der Waals surface area contributed by atoms with Gasteiger partial charge in [0.25, 0.3) is 0 Å². The van der Waals surface area contributed by atoms with Gasteiger partial charge >= 0.3 is 0 Å². The molecule has 0 aliphatic carbocycles. The molecule has 94 valence electrons. The molecule has 4 nitrogen and oxygen atoms in total. The molecule has 0 unspecified atom stereocenters. The van der Waals surface area contributed by atoms with Crippen molar-refractivity contribution in [1.29, 1.82) is 0 Å². The van der Waals surface area contributed by atoms with Crippen LogP contribution in [0.2, 0.25) is 0 Å². The number of rotatable bonds is 3. The van der Waals surface area contributed by atoms with Crippen molar-refractivity contribution in [2.24, 2.45) is 0 Å². The Balaban J connectivity index is 2.36. The first-order valence-electron chi connectivity index (χ1n) is 5.78. The second-order valence-corrected chi connectivity index (χ2v) is 4.26. The summed E-state index contributed by atoms with van der Waals surface area (Å²) in [7, 11) is 0. The molecule has 0 bridgehead atoms. The summed E-state index contributed by atoms with van der Waals surface area (Å²) < 4.78 is 5.78. The first kappa shape index (κ1) is 12.5. The highest BCUT2D eigenvalue weighted by atomic mass is 16.5. The van der Waals surface area contributed by atoms with Gasteiger partial charge in [-0.1, -0.05) is 12.1 Å². The lowest BCUT2D eigenvalue weighted by Gasteiger charge is -2.12. The molecule has 0 amide bonds. The van der Waals surface area contributed by atoms with Crippen molar-refractivity contribution in [2.45, 2.75) is 27.4 Å². The summed E-state index contributed by atoms with van der Waals surface area (Å²) in [5, 5.41) is 9.02. The fourth-order valence-electron chi connectivity index (χ4n) is 1.70. The molecule has 0 aliphatic heterocycles. The number of hydrogen-bond donors (Lipinski definition) is 1. The minimum absolute atomic E-state index is 0.143. The molecule has 0 saturated heterocycles. The van der Waals surface area contributed by atoms with Crippen molar-refractivity contribution < 1.29 is 9.84 Å². The number of aliphatic hydroxyl groups excluding tert-OH is 1. The van der Waals surface area contributed by atoms with Crippen LogP contribution in [-0.4, -0.2) is 15.1 Å². The number of hydrogen-bond acceptors (Lipinski definition) is 4. The van der Waals surface area contributed by atoms with Crippen LogP contribution in [0.3, 0.4) is 0 Å². The normalized spacial score (nSPS) is 10.4. The first-order valence-corrected chi connectivity index (χ1v) is 5.78. The van der Waals surface area contributed by atoms with Crippen LogP contribution in [0, 0.1) is 20.8 Å².